The van der Waals surface area contributed by atoms with Crippen LogP contribution >= 0.6 is 23.7 Å². The number of nitrogens with two attached hydrogens (primary N) is 1. The van der Waals surface area contributed by atoms with E-state index in [1.54, 1.807) is 10.4 Å². The Bertz CT molecular complexity index is 535. The summed E-state index contributed by atoms with van der Waals surface area (Å²) in [6, 6.07) is 1.83. The Morgan fingerprint density at radius 2 is 2.10 bits per heavy atom. The second-order valence-corrected chi connectivity index (χ2v) is 8.85. The molecule has 2 N–H and O–H groups in total. The molecule has 0 bridgehead atoms. The van der Waals surface area contributed by atoms with Gasteiger partial charge in [0.1, 0.15) is 4.21 Å². The fourth-order valence-corrected chi connectivity index (χ4v) is 5.62. The molecule has 1 aromatic heterocycles. The van der Waals surface area contributed by atoms with Crippen molar-refractivity contribution >= 4 is 33.8 Å². The summed E-state index contributed by atoms with van der Waals surface area (Å²) in [5.74, 6) is 0.269. The lowest BCUT2D eigenvalue weighted by atomic mass is 9.93. The fraction of sp³-hybridized carbons (Fsp3) is 0.692. The maximum atomic E-state index is 12.6. The number of nitrogens with zero attached hydrogens (tertiary/aromatic N) is 1. The predicted octanol–water partition coefficient (Wildman–Crippen LogP) is 2.53. The van der Waals surface area contributed by atoms with Crippen molar-refractivity contribution < 1.29 is 8.42 Å². The molecule has 4 nitrogen and oxygen atoms in total. The van der Waals surface area contributed by atoms with E-state index in [2.05, 4.69) is 0 Å². The van der Waals surface area contributed by atoms with Gasteiger partial charge in [-0.2, -0.15) is 4.31 Å². The highest BCUT2D eigenvalue weighted by Gasteiger charge is 2.32. The van der Waals surface area contributed by atoms with Crippen molar-refractivity contribution in [3.05, 3.63) is 16.5 Å². The molecule has 0 aromatic carbocycles. The number of piperidine rings is 1. The Morgan fingerprint density at radius 1 is 1.45 bits per heavy atom. The van der Waals surface area contributed by atoms with Crippen molar-refractivity contribution in [1.82, 2.24) is 4.31 Å². The number of sulfonamides is 1. The Kier molecular flexibility index (Phi) is 6.04. The van der Waals surface area contributed by atoms with Gasteiger partial charge in [-0.3, -0.25) is 0 Å². The van der Waals surface area contributed by atoms with Crippen LogP contribution in [0.2, 0.25) is 0 Å². The van der Waals surface area contributed by atoms with Crippen molar-refractivity contribution in [2.45, 2.75) is 43.9 Å². The van der Waals surface area contributed by atoms with Crippen LogP contribution in [0, 0.1) is 19.8 Å². The summed E-state index contributed by atoms with van der Waals surface area (Å²) in [6.07, 6.45) is 1.92. The third-order valence-electron chi connectivity index (χ3n) is 3.90. The van der Waals surface area contributed by atoms with E-state index >= 15 is 0 Å². The lowest BCUT2D eigenvalue weighted by Gasteiger charge is -2.33. The van der Waals surface area contributed by atoms with E-state index in [0.717, 1.165) is 23.3 Å². The maximum Gasteiger partial charge on any atom is 0.252 e. The predicted molar refractivity (Wildman–Crippen MR) is 86.2 cm³/mol. The van der Waals surface area contributed by atoms with Crippen molar-refractivity contribution in [2.24, 2.45) is 11.7 Å². The number of hydrogen-bond donors (Lipinski definition) is 1. The van der Waals surface area contributed by atoms with E-state index in [1.165, 1.54) is 11.3 Å². The van der Waals surface area contributed by atoms with Crippen molar-refractivity contribution in [3.8, 4) is 0 Å². The van der Waals surface area contributed by atoms with Crippen LogP contribution in [0.15, 0.2) is 10.3 Å². The largest absolute Gasteiger partial charge is 0.328 e. The van der Waals surface area contributed by atoms with E-state index < -0.39 is 10.0 Å². The molecular weight excluding hydrogens is 316 g/mol. The number of aryl methyl sites for hydroxylation is 2. The van der Waals surface area contributed by atoms with Crippen molar-refractivity contribution in [1.29, 1.82) is 0 Å². The van der Waals surface area contributed by atoms with Gasteiger partial charge in [0.2, 0.25) is 0 Å². The molecule has 2 rings (SSSR count). The molecule has 1 aliphatic rings. The molecule has 1 saturated heterocycles. The van der Waals surface area contributed by atoms with E-state index in [4.69, 9.17) is 5.73 Å². The summed E-state index contributed by atoms with van der Waals surface area (Å²) in [7, 11) is -3.33. The molecule has 0 saturated carbocycles. The first kappa shape index (κ1) is 17.9. The zero-order chi connectivity index (χ0) is 14.2. The zero-order valence-corrected chi connectivity index (χ0v) is 14.6. The number of hydrogen-bond acceptors (Lipinski definition) is 4. The summed E-state index contributed by atoms with van der Waals surface area (Å²) in [4.78, 5) is 1.07. The Morgan fingerprint density at radius 3 is 2.60 bits per heavy atom. The smallest absolute Gasteiger partial charge is 0.252 e. The number of halogens is 1. The Hall–Kier alpha value is -0.140. The number of rotatable bonds is 3. The highest BCUT2D eigenvalue weighted by atomic mass is 35.5. The minimum absolute atomic E-state index is 0. The SMILES string of the molecule is Cc1cc(S(=O)(=O)N2CCCC(C(C)N)C2)sc1C.Cl. The normalized spacial score (nSPS) is 22.3. The molecular formula is C13H23ClN2O2S2. The van der Waals surface area contributed by atoms with Gasteiger partial charge >= 0.3 is 0 Å². The Labute approximate surface area is 131 Å². The first-order valence-corrected chi connectivity index (χ1v) is 8.91. The summed E-state index contributed by atoms with van der Waals surface area (Å²) in [6.45, 7) is 7.03. The van der Waals surface area contributed by atoms with Gasteiger partial charge in [-0.05, 0) is 51.2 Å². The van der Waals surface area contributed by atoms with Crippen LogP contribution in [0.25, 0.3) is 0 Å². The van der Waals surface area contributed by atoms with Gasteiger partial charge in [0.25, 0.3) is 10.0 Å². The molecule has 2 atom stereocenters. The summed E-state index contributed by atoms with van der Waals surface area (Å²) >= 11 is 1.36. The average Bonchev–Trinajstić information content (AvgIpc) is 2.70. The van der Waals surface area contributed by atoms with Gasteiger partial charge < -0.3 is 5.73 Å². The zero-order valence-electron chi connectivity index (χ0n) is 12.1. The first-order chi connectivity index (χ1) is 8.82. The number of thiophene rings is 1. The lowest BCUT2D eigenvalue weighted by molar-refractivity contribution is 0.243. The quantitative estimate of drug-likeness (QED) is 0.921. The second kappa shape index (κ2) is 6.75. The average molecular weight is 339 g/mol. The van der Waals surface area contributed by atoms with E-state index in [-0.39, 0.29) is 24.4 Å². The molecule has 1 fully saturated rings. The minimum Gasteiger partial charge on any atom is -0.328 e. The van der Waals surface area contributed by atoms with Crippen molar-refractivity contribution in [3.63, 3.8) is 0 Å². The molecule has 0 radical (unpaired) electrons. The molecule has 116 valence electrons. The fourth-order valence-electron chi connectivity index (χ4n) is 2.42. The van der Waals surface area contributed by atoms with Gasteiger partial charge in [-0.25, -0.2) is 8.42 Å². The van der Waals surface area contributed by atoms with Crippen LogP contribution in [0.3, 0.4) is 0 Å². The van der Waals surface area contributed by atoms with Crippen LogP contribution in [0.4, 0.5) is 0 Å². The topological polar surface area (TPSA) is 63.4 Å². The third-order valence-corrected chi connectivity index (χ3v) is 7.37. The van der Waals surface area contributed by atoms with Gasteiger partial charge in [-0.1, -0.05) is 0 Å². The van der Waals surface area contributed by atoms with Crippen LogP contribution in [0.5, 0.6) is 0 Å². The van der Waals surface area contributed by atoms with Gasteiger partial charge in [0.05, 0.1) is 0 Å². The van der Waals surface area contributed by atoms with Crippen LogP contribution < -0.4 is 5.73 Å². The molecule has 2 unspecified atom stereocenters. The molecule has 1 aromatic rings. The lowest BCUT2D eigenvalue weighted by Crippen LogP contribution is -2.44. The monoisotopic (exact) mass is 338 g/mol. The summed E-state index contributed by atoms with van der Waals surface area (Å²) in [5.41, 5.74) is 6.97. The third kappa shape index (κ3) is 3.54. The van der Waals surface area contributed by atoms with E-state index in [0.29, 0.717) is 17.3 Å². The maximum absolute atomic E-state index is 12.6. The molecule has 0 spiro atoms. The molecule has 0 aliphatic carbocycles. The highest BCUT2D eigenvalue weighted by Crippen LogP contribution is 2.30. The summed E-state index contributed by atoms with van der Waals surface area (Å²) in [5, 5.41) is 0. The molecule has 20 heavy (non-hydrogen) atoms. The molecule has 0 amide bonds. The Balaban J connectivity index is 0.00000200. The van der Waals surface area contributed by atoms with Gasteiger partial charge in [0.15, 0.2) is 0 Å². The molecule has 7 heteroatoms. The van der Waals surface area contributed by atoms with Crippen LogP contribution in [-0.4, -0.2) is 31.9 Å². The summed E-state index contributed by atoms with van der Waals surface area (Å²) < 4.78 is 27.3. The minimum atomic E-state index is -3.33. The highest BCUT2D eigenvalue weighted by molar-refractivity contribution is 7.91. The molecule has 2 heterocycles. The standard InChI is InChI=1S/C13H22N2O2S2.ClH/c1-9-7-13(18-11(9)3)19(16,17)15-6-4-5-12(8-15)10(2)14;/h7,10,12H,4-6,8,14H2,1-3H3;1H. The first-order valence-electron chi connectivity index (χ1n) is 6.65. The second-order valence-electron chi connectivity index (χ2n) is 5.43. The van der Waals surface area contributed by atoms with Gasteiger partial charge in [0, 0.05) is 24.0 Å². The van der Waals surface area contributed by atoms with E-state index in [1.807, 2.05) is 20.8 Å². The molecule has 1 aliphatic heterocycles. The van der Waals surface area contributed by atoms with Crippen LogP contribution in [0.1, 0.15) is 30.2 Å². The van der Waals surface area contributed by atoms with E-state index in [9.17, 15) is 8.42 Å². The van der Waals surface area contributed by atoms with Crippen molar-refractivity contribution in [2.75, 3.05) is 13.1 Å². The van der Waals surface area contributed by atoms with Crippen LogP contribution in [-0.2, 0) is 10.0 Å². The van der Waals surface area contributed by atoms with Gasteiger partial charge in [-0.15, -0.1) is 23.7 Å².